The van der Waals surface area contributed by atoms with Crippen LogP contribution in [0.5, 0.6) is 0 Å². The molecule has 2 aromatic heterocycles. The molecule has 1 N–H and O–H groups in total. The van der Waals surface area contributed by atoms with Crippen molar-refractivity contribution >= 4 is 40.3 Å². The van der Waals surface area contributed by atoms with Gasteiger partial charge >= 0.3 is 0 Å². The zero-order chi connectivity index (χ0) is 15.5. The summed E-state index contributed by atoms with van der Waals surface area (Å²) in [5.41, 5.74) is 0.0915. The summed E-state index contributed by atoms with van der Waals surface area (Å²) in [5.74, 6) is 0.626. The number of hydrogen-bond donors (Lipinski definition) is 1. The Balaban J connectivity index is 1.63. The van der Waals surface area contributed by atoms with Crippen molar-refractivity contribution in [3.05, 3.63) is 40.4 Å². The summed E-state index contributed by atoms with van der Waals surface area (Å²) in [6.07, 6.45) is 3.47. The Morgan fingerprint density at radius 1 is 1.32 bits per heavy atom. The third-order valence-electron chi connectivity index (χ3n) is 3.81. The molecule has 22 heavy (non-hydrogen) atoms. The van der Waals surface area contributed by atoms with Gasteiger partial charge in [-0.15, -0.1) is 0 Å². The number of halogens is 2. The van der Waals surface area contributed by atoms with Gasteiger partial charge in [-0.25, -0.2) is 4.98 Å². The van der Waals surface area contributed by atoms with E-state index in [9.17, 15) is 5.11 Å². The Bertz CT molecular complexity index is 867. The lowest BCUT2D eigenvalue weighted by molar-refractivity contribution is -0.00605. The van der Waals surface area contributed by atoms with Gasteiger partial charge in [0.25, 0.3) is 6.01 Å². The molecule has 4 rings (SSSR count). The van der Waals surface area contributed by atoms with Crippen LogP contribution in [0.1, 0.15) is 5.82 Å². The number of benzene rings is 1. The fourth-order valence-corrected chi connectivity index (χ4v) is 3.28. The van der Waals surface area contributed by atoms with E-state index >= 15 is 0 Å². The fraction of sp³-hybridized carbons (Fsp3) is 0.286. The van der Waals surface area contributed by atoms with Gasteiger partial charge in [0.1, 0.15) is 11.3 Å². The minimum atomic E-state index is -1.000. The van der Waals surface area contributed by atoms with Crippen molar-refractivity contribution < 1.29 is 9.52 Å². The molecule has 0 bridgehead atoms. The minimum Gasteiger partial charge on any atom is -0.422 e. The standard InChI is InChI=1S/C14H12Cl2N4O2/c1-19-3-2-17-12(19)14(21)6-20(7-14)13-18-10-5-8(15)4-9(16)11(10)22-13/h2-5,21H,6-7H2,1H3. The topological polar surface area (TPSA) is 67.3 Å². The number of oxazole rings is 1. The number of aromatic nitrogens is 3. The predicted molar refractivity (Wildman–Crippen MR) is 83.3 cm³/mol. The van der Waals surface area contributed by atoms with Crippen LogP contribution >= 0.6 is 23.2 Å². The molecule has 114 valence electrons. The number of hydrogen-bond acceptors (Lipinski definition) is 5. The van der Waals surface area contributed by atoms with Crippen LogP contribution in [0.15, 0.2) is 28.9 Å². The van der Waals surface area contributed by atoms with Gasteiger partial charge in [0.05, 0.1) is 18.1 Å². The maximum absolute atomic E-state index is 10.6. The summed E-state index contributed by atoms with van der Waals surface area (Å²) < 4.78 is 7.49. The largest absolute Gasteiger partial charge is 0.422 e. The molecular weight excluding hydrogens is 327 g/mol. The highest BCUT2D eigenvalue weighted by Gasteiger charge is 2.47. The number of aliphatic hydroxyl groups is 1. The third kappa shape index (κ3) is 1.99. The van der Waals surface area contributed by atoms with Gasteiger partial charge in [0.15, 0.2) is 11.2 Å². The van der Waals surface area contributed by atoms with Crippen molar-refractivity contribution in [2.24, 2.45) is 7.05 Å². The predicted octanol–water partition coefficient (Wildman–Crippen LogP) is 2.58. The molecule has 1 aliphatic rings. The van der Waals surface area contributed by atoms with Gasteiger partial charge in [-0.3, -0.25) is 0 Å². The van der Waals surface area contributed by atoms with Crippen LogP contribution < -0.4 is 4.90 Å². The Morgan fingerprint density at radius 2 is 2.09 bits per heavy atom. The molecule has 0 radical (unpaired) electrons. The molecule has 0 aliphatic carbocycles. The van der Waals surface area contributed by atoms with E-state index in [2.05, 4.69) is 9.97 Å². The summed E-state index contributed by atoms with van der Waals surface area (Å²) in [6, 6.07) is 3.72. The van der Waals surface area contributed by atoms with Crippen LogP contribution in [0, 0.1) is 0 Å². The maximum Gasteiger partial charge on any atom is 0.298 e. The monoisotopic (exact) mass is 338 g/mol. The summed E-state index contributed by atoms with van der Waals surface area (Å²) in [4.78, 5) is 10.4. The molecule has 1 fully saturated rings. The van der Waals surface area contributed by atoms with E-state index in [4.69, 9.17) is 27.6 Å². The average Bonchev–Trinajstić information content (AvgIpc) is 3.01. The lowest BCUT2D eigenvalue weighted by Crippen LogP contribution is -2.60. The van der Waals surface area contributed by atoms with Crippen LogP contribution in [0.3, 0.4) is 0 Å². The summed E-state index contributed by atoms with van der Waals surface area (Å²) in [6.45, 7) is 0.714. The molecule has 3 aromatic rings. The van der Waals surface area contributed by atoms with Crippen LogP contribution in [-0.2, 0) is 12.6 Å². The van der Waals surface area contributed by atoms with E-state index in [0.29, 0.717) is 46.1 Å². The SMILES string of the molecule is Cn1ccnc1C1(O)CN(c2nc3cc(Cl)cc(Cl)c3o2)C1. The van der Waals surface area contributed by atoms with Crippen LogP contribution in [0.4, 0.5) is 6.01 Å². The first-order chi connectivity index (χ1) is 10.5. The molecule has 0 spiro atoms. The molecular formula is C14H12Cl2N4O2. The molecule has 0 amide bonds. The molecule has 0 unspecified atom stereocenters. The van der Waals surface area contributed by atoms with E-state index in [1.165, 1.54) is 0 Å². The van der Waals surface area contributed by atoms with Gasteiger partial charge in [-0.05, 0) is 12.1 Å². The second-order valence-electron chi connectivity index (χ2n) is 5.48. The van der Waals surface area contributed by atoms with Crippen LogP contribution in [0.25, 0.3) is 11.1 Å². The minimum absolute atomic E-state index is 0.357. The highest BCUT2D eigenvalue weighted by atomic mass is 35.5. The zero-order valence-electron chi connectivity index (χ0n) is 11.6. The number of β-amino-alcohol motifs (C(OH)–C–C–N with tert-alkyl or cyclic N) is 1. The third-order valence-corrected chi connectivity index (χ3v) is 4.31. The summed E-state index contributed by atoms with van der Waals surface area (Å²) >= 11 is 12.1. The molecule has 1 aromatic carbocycles. The van der Waals surface area contributed by atoms with Crippen molar-refractivity contribution in [2.45, 2.75) is 5.60 Å². The summed E-state index contributed by atoms with van der Waals surface area (Å²) in [7, 11) is 1.85. The molecule has 6 nitrogen and oxygen atoms in total. The molecule has 1 saturated heterocycles. The van der Waals surface area contributed by atoms with E-state index in [-0.39, 0.29) is 0 Å². The van der Waals surface area contributed by atoms with Gasteiger partial charge < -0.3 is 19.0 Å². The Kier molecular flexibility index (Phi) is 2.91. The van der Waals surface area contributed by atoms with E-state index in [1.54, 1.807) is 29.1 Å². The van der Waals surface area contributed by atoms with E-state index in [1.807, 2.05) is 11.9 Å². The van der Waals surface area contributed by atoms with Crippen molar-refractivity contribution in [1.82, 2.24) is 14.5 Å². The Labute approximate surface area is 135 Å². The lowest BCUT2D eigenvalue weighted by Gasteiger charge is -2.44. The van der Waals surface area contributed by atoms with Gasteiger partial charge in [0, 0.05) is 24.5 Å². The number of rotatable bonds is 2. The number of imidazole rings is 1. The smallest absolute Gasteiger partial charge is 0.298 e. The quantitative estimate of drug-likeness (QED) is 0.777. The molecule has 3 heterocycles. The fourth-order valence-electron chi connectivity index (χ4n) is 2.76. The van der Waals surface area contributed by atoms with E-state index < -0.39 is 5.60 Å². The number of fused-ring (bicyclic) bond motifs is 1. The Hall–Kier alpha value is -1.76. The molecule has 0 atom stereocenters. The highest BCUT2D eigenvalue weighted by molar-refractivity contribution is 6.38. The number of aryl methyl sites for hydroxylation is 1. The first-order valence-electron chi connectivity index (χ1n) is 6.67. The first-order valence-corrected chi connectivity index (χ1v) is 7.42. The first kappa shape index (κ1) is 13.9. The van der Waals surface area contributed by atoms with Crippen molar-refractivity contribution in [1.29, 1.82) is 0 Å². The van der Waals surface area contributed by atoms with Crippen molar-refractivity contribution in [3.8, 4) is 0 Å². The Morgan fingerprint density at radius 3 is 2.77 bits per heavy atom. The van der Waals surface area contributed by atoms with Crippen LogP contribution in [-0.4, -0.2) is 32.7 Å². The van der Waals surface area contributed by atoms with Crippen molar-refractivity contribution in [2.75, 3.05) is 18.0 Å². The molecule has 8 heteroatoms. The van der Waals surface area contributed by atoms with Gasteiger partial charge in [0.2, 0.25) is 0 Å². The zero-order valence-corrected chi connectivity index (χ0v) is 13.1. The average molecular weight is 339 g/mol. The van der Waals surface area contributed by atoms with Gasteiger partial charge in [-0.1, -0.05) is 23.2 Å². The van der Waals surface area contributed by atoms with Gasteiger partial charge in [-0.2, -0.15) is 4.98 Å². The van der Waals surface area contributed by atoms with Crippen LogP contribution in [0.2, 0.25) is 10.0 Å². The number of nitrogens with zero attached hydrogens (tertiary/aromatic N) is 4. The van der Waals surface area contributed by atoms with E-state index in [0.717, 1.165) is 0 Å². The molecule has 1 aliphatic heterocycles. The second-order valence-corrected chi connectivity index (χ2v) is 6.33. The molecule has 0 saturated carbocycles. The highest BCUT2D eigenvalue weighted by Crippen LogP contribution is 2.37. The lowest BCUT2D eigenvalue weighted by atomic mass is 9.94. The summed E-state index contributed by atoms with van der Waals surface area (Å²) in [5, 5.41) is 11.5. The maximum atomic E-state index is 10.6. The van der Waals surface area contributed by atoms with Crippen molar-refractivity contribution in [3.63, 3.8) is 0 Å². The second kappa shape index (κ2) is 4.62. The number of anilines is 1. The normalized spacial score (nSPS) is 17.0.